The second-order valence-corrected chi connectivity index (χ2v) is 7.13. The third-order valence-corrected chi connectivity index (χ3v) is 5.10. The van der Waals surface area contributed by atoms with E-state index in [1.807, 2.05) is 47.0 Å². The lowest BCUT2D eigenvalue weighted by Crippen LogP contribution is -2.26. The van der Waals surface area contributed by atoms with Crippen molar-refractivity contribution in [1.82, 2.24) is 19.9 Å². The van der Waals surface area contributed by atoms with Gasteiger partial charge in [-0.2, -0.15) is 0 Å². The number of ether oxygens (including phenoxy) is 1. The lowest BCUT2D eigenvalue weighted by molar-refractivity contribution is 0.0951. The zero-order valence-electron chi connectivity index (χ0n) is 17.0. The highest BCUT2D eigenvalue weighted by Crippen LogP contribution is 2.28. The van der Waals surface area contributed by atoms with Crippen LogP contribution in [0.1, 0.15) is 22.3 Å². The van der Waals surface area contributed by atoms with Gasteiger partial charge in [0.25, 0.3) is 5.91 Å². The Kier molecular flexibility index (Phi) is 5.90. The van der Waals surface area contributed by atoms with E-state index in [0.717, 1.165) is 23.9 Å². The van der Waals surface area contributed by atoms with Crippen molar-refractivity contribution >= 4 is 33.9 Å². The summed E-state index contributed by atoms with van der Waals surface area (Å²) < 4.78 is 6.94. The van der Waals surface area contributed by atoms with Crippen LogP contribution in [0.4, 0.5) is 5.82 Å². The molecular formula is C23H25N5O2. The number of hydrogen-bond donors (Lipinski definition) is 2. The van der Waals surface area contributed by atoms with E-state index in [1.54, 1.807) is 7.11 Å². The normalized spacial score (nSPS) is 11.2. The second kappa shape index (κ2) is 8.92. The molecule has 4 rings (SSSR count). The number of nitrogens with one attached hydrogen (secondary N) is 1. The summed E-state index contributed by atoms with van der Waals surface area (Å²) in [5.41, 5.74) is 10.7. The van der Waals surface area contributed by atoms with Crippen molar-refractivity contribution < 1.29 is 9.53 Å². The highest BCUT2D eigenvalue weighted by atomic mass is 16.5. The van der Waals surface area contributed by atoms with Crippen LogP contribution in [0.5, 0.6) is 0 Å². The Morgan fingerprint density at radius 2 is 1.77 bits per heavy atom. The quantitative estimate of drug-likeness (QED) is 0.441. The summed E-state index contributed by atoms with van der Waals surface area (Å²) >= 11 is 0. The lowest BCUT2D eigenvalue weighted by Gasteiger charge is -2.08. The third-order valence-electron chi connectivity index (χ3n) is 5.10. The smallest absolute Gasteiger partial charge is 0.257 e. The molecule has 2 aromatic carbocycles. The first-order valence-electron chi connectivity index (χ1n) is 10.0. The van der Waals surface area contributed by atoms with Crippen molar-refractivity contribution in [3.05, 3.63) is 65.7 Å². The van der Waals surface area contributed by atoms with Crippen LogP contribution in [-0.2, 0) is 17.7 Å². The van der Waals surface area contributed by atoms with Gasteiger partial charge in [-0.15, -0.1) is 0 Å². The highest BCUT2D eigenvalue weighted by Gasteiger charge is 2.23. The molecule has 0 saturated heterocycles. The first-order valence-corrected chi connectivity index (χ1v) is 10.0. The van der Waals surface area contributed by atoms with E-state index in [1.165, 1.54) is 5.56 Å². The number of anilines is 1. The fourth-order valence-corrected chi connectivity index (χ4v) is 3.56. The van der Waals surface area contributed by atoms with Crippen molar-refractivity contribution in [3.63, 3.8) is 0 Å². The second-order valence-electron chi connectivity index (χ2n) is 7.13. The van der Waals surface area contributed by atoms with Crippen molar-refractivity contribution in [2.45, 2.75) is 19.4 Å². The van der Waals surface area contributed by atoms with Gasteiger partial charge in [0.1, 0.15) is 16.9 Å². The summed E-state index contributed by atoms with van der Waals surface area (Å²) in [5.74, 6) is 0.150. The number of rotatable bonds is 8. The molecule has 7 heteroatoms. The number of hydrogen-bond acceptors (Lipinski definition) is 5. The van der Waals surface area contributed by atoms with Gasteiger partial charge in [-0.3, -0.25) is 4.79 Å². The number of benzene rings is 2. The number of methoxy groups -OCH3 is 1. The largest absolute Gasteiger partial charge is 0.385 e. The molecule has 3 N–H and O–H groups in total. The number of carbonyl (C=O) groups is 1. The monoisotopic (exact) mass is 403 g/mol. The zero-order valence-corrected chi connectivity index (χ0v) is 17.0. The van der Waals surface area contributed by atoms with Gasteiger partial charge < -0.3 is 20.4 Å². The van der Waals surface area contributed by atoms with Crippen LogP contribution in [0.25, 0.3) is 22.2 Å². The number of nitrogens with two attached hydrogens (primary N) is 1. The fourth-order valence-electron chi connectivity index (χ4n) is 3.56. The van der Waals surface area contributed by atoms with E-state index >= 15 is 0 Å². The molecule has 0 spiro atoms. The topological polar surface area (TPSA) is 95.1 Å². The molecule has 4 aromatic rings. The Bertz CT molecular complexity index is 1170. The van der Waals surface area contributed by atoms with Gasteiger partial charge in [-0.05, 0) is 30.5 Å². The molecule has 0 bridgehead atoms. The SMILES string of the molecule is COCCCNC(=O)c1c(N)n(CCc2ccccc2)c2nc3ccccc3nc12. The molecule has 0 aliphatic rings. The van der Waals surface area contributed by atoms with Gasteiger partial charge in [0.15, 0.2) is 5.65 Å². The fraction of sp³-hybridized carbons (Fsp3) is 0.261. The van der Waals surface area contributed by atoms with Gasteiger partial charge in [0, 0.05) is 26.8 Å². The predicted molar refractivity (Wildman–Crippen MR) is 118 cm³/mol. The average Bonchev–Trinajstić information content (AvgIpc) is 3.04. The molecule has 7 nitrogen and oxygen atoms in total. The molecule has 0 fully saturated rings. The van der Waals surface area contributed by atoms with Gasteiger partial charge >= 0.3 is 0 Å². The highest BCUT2D eigenvalue weighted by molar-refractivity contribution is 6.10. The summed E-state index contributed by atoms with van der Waals surface area (Å²) in [4.78, 5) is 22.5. The molecule has 0 aliphatic carbocycles. The van der Waals surface area contributed by atoms with Crippen molar-refractivity contribution in [1.29, 1.82) is 0 Å². The predicted octanol–water partition coefficient (Wildman–Crippen LogP) is 3.18. The van der Waals surface area contributed by atoms with Crippen LogP contribution >= 0.6 is 0 Å². The summed E-state index contributed by atoms with van der Waals surface area (Å²) in [6, 6.07) is 17.8. The van der Waals surface area contributed by atoms with E-state index in [-0.39, 0.29) is 5.91 Å². The lowest BCUT2D eigenvalue weighted by atomic mass is 10.1. The van der Waals surface area contributed by atoms with Crippen molar-refractivity contribution in [2.24, 2.45) is 0 Å². The number of fused-ring (bicyclic) bond motifs is 2. The first-order chi connectivity index (χ1) is 14.7. The van der Waals surface area contributed by atoms with Crippen LogP contribution in [0, 0.1) is 0 Å². The van der Waals surface area contributed by atoms with Gasteiger partial charge in [-0.25, -0.2) is 9.97 Å². The molecule has 0 aliphatic heterocycles. The minimum Gasteiger partial charge on any atom is -0.385 e. The molecule has 0 atom stereocenters. The Morgan fingerprint density at radius 1 is 1.07 bits per heavy atom. The number of aromatic nitrogens is 3. The minimum absolute atomic E-state index is 0.239. The molecule has 0 saturated carbocycles. The average molecular weight is 403 g/mol. The van der Waals surface area contributed by atoms with E-state index in [9.17, 15) is 4.79 Å². The molecule has 30 heavy (non-hydrogen) atoms. The van der Waals surface area contributed by atoms with Crippen LogP contribution in [0.15, 0.2) is 54.6 Å². The van der Waals surface area contributed by atoms with Gasteiger partial charge in [-0.1, -0.05) is 42.5 Å². The Labute approximate surface area is 174 Å². The van der Waals surface area contributed by atoms with Crippen LogP contribution < -0.4 is 11.1 Å². The van der Waals surface area contributed by atoms with Crippen LogP contribution in [0.3, 0.4) is 0 Å². The number of aryl methyl sites for hydroxylation is 2. The Morgan fingerprint density at radius 3 is 2.50 bits per heavy atom. The number of nitrogen functional groups attached to an aromatic ring is 1. The first kappa shape index (κ1) is 19.8. The number of carbonyl (C=O) groups excluding carboxylic acids is 1. The molecule has 1 amide bonds. The third kappa shape index (κ3) is 3.97. The molecule has 2 heterocycles. The maximum Gasteiger partial charge on any atom is 0.257 e. The zero-order chi connectivity index (χ0) is 20.9. The number of amides is 1. The van der Waals surface area contributed by atoms with Crippen molar-refractivity contribution in [2.75, 3.05) is 26.0 Å². The number of para-hydroxylation sites is 2. The molecule has 2 aromatic heterocycles. The maximum atomic E-state index is 13.0. The van der Waals surface area contributed by atoms with E-state index < -0.39 is 0 Å². The Hall–Kier alpha value is -3.45. The number of nitrogens with zero attached hydrogens (tertiary/aromatic N) is 3. The minimum atomic E-state index is -0.239. The standard InChI is InChI=1S/C23H25N5O2/c1-30-15-7-13-25-23(29)19-20-22(27-18-11-6-5-10-17(18)26-20)28(21(19)24)14-12-16-8-3-2-4-9-16/h2-6,8-11H,7,12-15,24H2,1H3,(H,25,29). The van der Waals surface area contributed by atoms with Crippen molar-refractivity contribution in [3.8, 4) is 0 Å². The van der Waals surface area contributed by atoms with E-state index in [0.29, 0.717) is 42.2 Å². The molecular weight excluding hydrogens is 378 g/mol. The van der Waals surface area contributed by atoms with Gasteiger partial charge in [0.2, 0.25) is 0 Å². The molecule has 154 valence electrons. The van der Waals surface area contributed by atoms with Crippen LogP contribution in [-0.4, -0.2) is 40.7 Å². The summed E-state index contributed by atoms with van der Waals surface area (Å²) in [7, 11) is 1.64. The van der Waals surface area contributed by atoms with E-state index in [4.69, 9.17) is 20.4 Å². The van der Waals surface area contributed by atoms with Gasteiger partial charge in [0.05, 0.1) is 11.0 Å². The summed E-state index contributed by atoms with van der Waals surface area (Å²) in [6.07, 6.45) is 1.50. The van der Waals surface area contributed by atoms with E-state index in [2.05, 4.69) is 17.4 Å². The van der Waals surface area contributed by atoms with Crippen LogP contribution in [0.2, 0.25) is 0 Å². The molecule has 0 radical (unpaired) electrons. The molecule has 0 unspecified atom stereocenters. The maximum absolute atomic E-state index is 13.0. The summed E-state index contributed by atoms with van der Waals surface area (Å²) in [5, 5.41) is 2.92. The Balaban J connectivity index is 1.74. The summed E-state index contributed by atoms with van der Waals surface area (Å²) in [6.45, 7) is 1.69.